The Bertz CT molecular complexity index is 59.0. The van der Waals surface area contributed by atoms with Crippen molar-refractivity contribution in [1.82, 2.24) is 0 Å². The molecule has 35 heavy (non-hydrogen) atoms. The molecule has 245 valence electrons. The van der Waals surface area contributed by atoms with Gasteiger partial charge in [0, 0.05) is 32.7 Å². The smallest absolute Gasteiger partial charge is 0 e. The summed E-state index contributed by atoms with van der Waals surface area (Å²) in [6, 6.07) is 0. The van der Waals surface area contributed by atoms with Crippen molar-refractivity contribution in [2.45, 2.75) is 224 Å². The SMILES string of the molecule is C.C.C.C.C.C.C.C.C.C.C.C.C.C.CCC.CCCC.CCCCCC.[CH2-]CC.[CH2-]CCC.[Y]. The van der Waals surface area contributed by atoms with Gasteiger partial charge in [0.05, 0.1) is 0 Å². The topological polar surface area (TPSA) is 0 Å². The third kappa shape index (κ3) is 1030. The summed E-state index contributed by atoms with van der Waals surface area (Å²) < 4.78 is 0. The Balaban J connectivity index is -0.00000000409. The first-order chi connectivity index (χ1) is 9.57. The van der Waals surface area contributed by atoms with Gasteiger partial charge in [-0.3, -0.25) is 0 Å². The molecule has 0 atom stereocenters. The molecule has 0 heterocycles. The maximum Gasteiger partial charge on any atom is 0 e. The van der Waals surface area contributed by atoms with E-state index in [9.17, 15) is 0 Å². The van der Waals surface area contributed by atoms with E-state index in [1.54, 1.807) is 0 Å². The van der Waals surface area contributed by atoms with Gasteiger partial charge in [-0.2, -0.15) is 12.8 Å². The van der Waals surface area contributed by atoms with Crippen LogP contribution in [0.5, 0.6) is 0 Å². The van der Waals surface area contributed by atoms with Gasteiger partial charge in [0.1, 0.15) is 0 Å². The molecule has 0 amide bonds. The Morgan fingerprint density at radius 1 is 0.343 bits per heavy atom. The average molecular weight is 602 g/mol. The van der Waals surface area contributed by atoms with Gasteiger partial charge in [0.25, 0.3) is 0 Å². The van der Waals surface area contributed by atoms with Gasteiger partial charge in [0.2, 0.25) is 0 Å². The minimum absolute atomic E-state index is 0. The van der Waals surface area contributed by atoms with E-state index >= 15 is 0 Å². The molecule has 0 saturated heterocycles. The number of rotatable bonds is 5. The fourth-order valence-electron chi connectivity index (χ4n) is 0.500. The van der Waals surface area contributed by atoms with Crippen molar-refractivity contribution in [3.05, 3.63) is 13.8 Å². The summed E-state index contributed by atoms with van der Waals surface area (Å²) in [4.78, 5) is 0. The fraction of sp³-hybridized carbons (Fsp3) is 0.941. The van der Waals surface area contributed by atoms with Gasteiger partial charge in [0.15, 0.2) is 0 Å². The van der Waals surface area contributed by atoms with Crippen LogP contribution in [0.4, 0.5) is 0 Å². The summed E-state index contributed by atoms with van der Waals surface area (Å²) in [7, 11) is 0. The van der Waals surface area contributed by atoms with E-state index in [0.29, 0.717) is 0 Å². The molecule has 0 fully saturated rings. The van der Waals surface area contributed by atoms with Gasteiger partial charge in [-0.25, -0.2) is 0 Å². The molecule has 0 N–H and O–H groups in total. The van der Waals surface area contributed by atoms with Crippen LogP contribution in [0.3, 0.4) is 0 Å². The molecule has 0 rings (SSSR count). The van der Waals surface area contributed by atoms with Gasteiger partial charge >= 0.3 is 0 Å². The largest absolute Gasteiger partial charge is 0.344 e. The molecule has 0 saturated carbocycles. The fourth-order valence-corrected chi connectivity index (χ4v) is 0.500. The first-order valence-electron chi connectivity index (χ1n) is 9.16. The minimum atomic E-state index is 0. The molecule has 0 aromatic carbocycles. The Morgan fingerprint density at radius 3 is 0.486 bits per heavy atom. The predicted molar refractivity (Wildman–Crippen MR) is 197 cm³/mol. The van der Waals surface area contributed by atoms with Crippen LogP contribution in [0.15, 0.2) is 0 Å². The van der Waals surface area contributed by atoms with Crippen LogP contribution in [0.2, 0.25) is 0 Å². The predicted octanol–water partition coefficient (Wildman–Crippen LogP) is 17.6. The Hall–Kier alpha value is 1.10. The van der Waals surface area contributed by atoms with Crippen molar-refractivity contribution in [3.63, 3.8) is 0 Å². The standard InChI is InChI=1S/C6H14.C4H10.C4H9.C3H8.C3H7.14CH4.Y/c1-3-5-6-4-2;2*1-3-4-2;2*1-3-2;;;;;;;;;;;;;;;/h3-6H2,1-2H3;3-4H2,1-2H3;1,3-4H2,2H3;3H2,1-2H3;1,3H2,2H3;14*1H4;/q;;-1;;-1;;;;;;;;;;;;;;;. The molecule has 0 aliphatic rings. The van der Waals surface area contributed by atoms with Gasteiger partial charge in [-0.15, -0.1) is 0 Å². The van der Waals surface area contributed by atoms with E-state index in [1.807, 2.05) is 6.92 Å². The van der Waals surface area contributed by atoms with Crippen molar-refractivity contribution in [3.8, 4) is 0 Å². The van der Waals surface area contributed by atoms with Crippen molar-refractivity contribution < 1.29 is 32.7 Å². The first kappa shape index (κ1) is 172. The maximum atomic E-state index is 3.60. The van der Waals surface area contributed by atoms with E-state index in [1.165, 1.54) is 51.4 Å². The van der Waals surface area contributed by atoms with E-state index in [4.69, 9.17) is 0 Å². The van der Waals surface area contributed by atoms with Crippen LogP contribution in [0, 0.1) is 13.8 Å². The molecule has 0 unspecified atom stereocenters. The van der Waals surface area contributed by atoms with Crippen molar-refractivity contribution in [2.75, 3.05) is 0 Å². The molecule has 1 heteroatoms. The van der Waals surface area contributed by atoms with Crippen molar-refractivity contribution in [2.24, 2.45) is 0 Å². The van der Waals surface area contributed by atoms with E-state index < -0.39 is 0 Å². The number of unbranched alkanes of at least 4 members (excludes halogenated alkanes) is 5. The number of hydrogen-bond acceptors (Lipinski definition) is 0. The normalized spacial score (nSPS) is 4.29. The zero-order chi connectivity index (χ0) is 17.1. The van der Waals surface area contributed by atoms with E-state index in [0.717, 1.165) is 12.8 Å². The van der Waals surface area contributed by atoms with E-state index in [2.05, 4.69) is 62.3 Å². The molecule has 0 aromatic rings. The number of hydrogen-bond donors (Lipinski definition) is 0. The third-order valence-corrected chi connectivity index (χ3v) is 1.81. The second kappa shape index (κ2) is 331. The summed E-state index contributed by atoms with van der Waals surface area (Å²) in [5.41, 5.74) is 0. The molecule has 0 aliphatic heterocycles. The van der Waals surface area contributed by atoms with Crippen molar-refractivity contribution in [1.29, 1.82) is 0 Å². The maximum absolute atomic E-state index is 3.60. The van der Waals surface area contributed by atoms with E-state index in [-0.39, 0.29) is 137 Å². The first-order valence-corrected chi connectivity index (χ1v) is 9.16. The second-order valence-corrected chi connectivity index (χ2v) is 4.77. The van der Waals surface area contributed by atoms with Crippen LogP contribution in [-0.2, 0) is 32.7 Å². The Kier molecular flexibility index (Phi) is 1620. The minimum Gasteiger partial charge on any atom is -0.344 e. The zero-order valence-electron chi connectivity index (χ0n) is 17.1. The Morgan fingerprint density at radius 2 is 0.457 bits per heavy atom. The molecule has 0 aromatic heterocycles. The third-order valence-electron chi connectivity index (χ3n) is 1.81. The molecular formula is C34H104Y-2. The van der Waals surface area contributed by atoms with Gasteiger partial charge in [-0.05, 0) is 0 Å². The van der Waals surface area contributed by atoms with Gasteiger partial charge in [-0.1, -0.05) is 211 Å². The van der Waals surface area contributed by atoms with Crippen LogP contribution in [0.1, 0.15) is 224 Å². The summed E-state index contributed by atoms with van der Waals surface area (Å²) in [6.07, 6.45) is 12.7. The molecule has 1 radical (unpaired) electrons. The summed E-state index contributed by atoms with van der Waals surface area (Å²) >= 11 is 0. The molecular weight excluding hydrogens is 497 g/mol. The zero-order valence-corrected chi connectivity index (χ0v) is 19.9. The van der Waals surface area contributed by atoms with Crippen LogP contribution in [0.25, 0.3) is 0 Å². The van der Waals surface area contributed by atoms with Crippen LogP contribution < -0.4 is 0 Å². The average Bonchev–Trinajstić information content (AvgIpc) is 2.47. The quantitative estimate of drug-likeness (QED) is 0.217. The second-order valence-electron chi connectivity index (χ2n) is 4.77. The van der Waals surface area contributed by atoms with Crippen LogP contribution >= 0.6 is 0 Å². The summed E-state index contributed by atoms with van der Waals surface area (Å²) in [5, 5.41) is 0. The summed E-state index contributed by atoms with van der Waals surface area (Å²) in [5.74, 6) is 0. The molecule has 0 nitrogen and oxygen atoms in total. The molecule has 0 spiro atoms. The van der Waals surface area contributed by atoms with Crippen molar-refractivity contribution >= 4 is 0 Å². The Labute approximate surface area is 268 Å². The molecule has 0 aliphatic carbocycles. The van der Waals surface area contributed by atoms with Crippen LogP contribution in [-0.4, -0.2) is 0 Å². The summed E-state index contributed by atoms with van der Waals surface area (Å²) in [6.45, 7) is 24.3. The van der Waals surface area contributed by atoms with Gasteiger partial charge < -0.3 is 13.8 Å². The molecule has 0 bridgehead atoms. The monoisotopic (exact) mass is 602 g/mol.